The van der Waals surface area contributed by atoms with Crippen molar-refractivity contribution in [2.75, 3.05) is 30.4 Å². The van der Waals surface area contributed by atoms with Crippen LogP contribution in [0, 0.1) is 12.8 Å². The molecule has 0 radical (unpaired) electrons. The zero-order valence-corrected chi connectivity index (χ0v) is 15.0. The van der Waals surface area contributed by atoms with Crippen molar-refractivity contribution in [1.29, 1.82) is 0 Å². The Kier molecular flexibility index (Phi) is 5.28. The maximum Gasteiger partial charge on any atom is 0.350 e. The molecule has 2 aromatic heterocycles. The monoisotopic (exact) mass is 360 g/mol. The molecule has 1 atom stereocenters. The van der Waals surface area contributed by atoms with Gasteiger partial charge in [0.2, 0.25) is 5.91 Å². The number of anilines is 2. The standard InChI is InChI=1S/C17H20N4O3S/c1-11-5-6-14(20-19-11)21-8-3-4-12(10-21)16(22)18-13-7-9-25-15(13)17(23)24-2/h5-7,9,12H,3-4,8,10H2,1-2H3,(H,18,22). The summed E-state index contributed by atoms with van der Waals surface area (Å²) in [5.74, 6) is 0.0926. The fourth-order valence-corrected chi connectivity index (χ4v) is 3.62. The number of ether oxygens (including phenoxy) is 1. The first-order valence-corrected chi connectivity index (χ1v) is 8.98. The first kappa shape index (κ1) is 17.3. The average Bonchev–Trinajstić information content (AvgIpc) is 3.10. The van der Waals surface area contributed by atoms with E-state index in [4.69, 9.17) is 4.74 Å². The number of hydrogen-bond acceptors (Lipinski definition) is 7. The van der Waals surface area contributed by atoms with Crippen molar-refractivity contribution in [3.63, 3.8) is 0 Å². The molecular formula is C17H20N4O3S. The number of nitrogens with zero attached hydrogens (tertiary/aromatic N) is 3. The van der Waals surface area contributed by atoms with Crippen molar-refractivity contribution in [3.05, 3.63) is 34.2 Å². The van der Waals surface area contributed by atoms with Gasteiger partial charge in [-0.1, -0.05) is 0 Å². The molecule has 1 aliphatic heterocycles. The van der Waals surface area contributed by atoms with E-state index in [9.17, 15) is 9.59 Å². The summed E-state index contributed by atoms with van der Waals surface area (Å²) in [5.41, 5.74) is 1.37. The van der Waals surface area contributed by atoms with E-state index >= 15 is 0 Å². The Labute approximate surface area is 150 Å². The number of nitrogens with one attached hydrogen (secondary N) is 1. The molecule has 2 aromatic rings. The molecule has 0 aromatic carbocycles. The summed E-state index contributed by atoms with van der Waals surface area (Å²) in [6.45, 7) is 3.33. The fourth-order valence-electron chi connectivity index (χ4n) is 2.85. The van der Waals surface area contributed by atoms with E-state index < -0.39 is 5.97 Å². The number of piperidine rings is 1. The molecular weight excluding hydrogens is 340 g/mol. The van der Waals surface area contributed by atoms with Crippen molar-refractivity contribution in [2.24, 2.45) is 5.92 Å². The van der Waals surface area contributed by atoms with Crippen molar-refractivity contribution in [3.8, 4) is 0 Å². The topological polar surface area (TPSA) is 84.4 Å². The molecule has 1 unspecified atom stereocenters. The van der Waals surface area contributed by atoms with Crippen molar-refractivity contribution < 1.29 is 14.3 Å². The van der Waals surface area contributed by atoms with Crippen molar-refractivity contribution in [1.82, 2.24) is 10.2 Å². The van der Waals surface area contributed by atoms with Crippen molar-refractivity contribution >= 4 is 34.7 Å². The number of amides is 1. The zero-order chi connectivity index (χ0) is 17.8. The van der Waals surface area contributed by atoms with Gasteiger partial charge >= 0.3 is 5.97 Å². The average molecular weight is 360 g/mol. The highest BCUT2D eigenvalue weighted by Crippen LogP contribution is 2.26. The van der Waals surface area contributed by atoms with E-state index in [1.807, 2.05) is 19.1 Å². The minimum atomic E-state index is -0.439. The highest BCUT2D eigenvalue weighted by molar-refractivity contribution is 7.12. The number of esters is 1. The van der Waals surface area contributed by atoms with Crippen LogP contribution in [-0.2, 0) is 9.53 Å². The second-order valence-electron chi connectivity index (χ2n) is 5.96. The number of methoxy groups -OCH3 is 1. The van der Waals surface area contributed by atoms with Crippen LogP contribution >= 0.6 is 11.3 Å². The Morgan fingerprint density at radius 1 is 1.32 bits per heavy atom. The Morgan fingerprint density at radius 3 is 2.88 bits per heavy atom. The van der Waals surface area contributed by atoms with Crippen molar-refractivity contribution in [2.45, 2.75) is 19.8 Å². The lowest BCUT2D eigenvalue weighted by molar-refractivity contribution is -0.120. The van der Waals surface area contributed by atoms with Crippen LogP contribution in [0.3, 0.4) is 0 Å². The number of aromatic nitrogens is 2. The van der Waals surface area contributed by atoms with E-state index in [-0.39, 0.29) is 11.8 Å². The van der Waals surface area contributed by atoms with Gasteiger partial charge in [0.05, 0.1) is 24.4 Å². The predicted octanol–water partition coefficient (Wildman–Crippen LogP) is 2.49. The molecule has 0 bridgehead atoms. The molecule has 1 N–H and O–H groups in total. The fraction of sp³-hybridized carbons (Fsp3) is 0.412. The van der Waals surface area contributed by atoms with E-state index in [0.717, 1.165) is 30.9 Å². The maximum absolute atomic E-state index is 12.6. The zero-order valence-electron chi connectivity index (χ0n) is 14.2. The first-order valence-electron chi connectivity index (χ1n) is 8.10. The first-order chi connectivity index (χ1) is 12.1. The lowest BCUT2D eigenvalue weighted by Gasteiger charge is -2.32. The molecule has 0 spiro atoms. The molecule has 1 aliphatic rings. The normalized spacial score (nSPS) is 17.2. The minimum Gasteiger partial charge on any atom is -0.465 e. The number of rotatable bonds is 4. The third kappa shape index (κ3) is 3.96. The molecule has 25 heavy (non-hydrogen) atoms. The van der Waals surface area contributed by atoms with Crippen LogP contribution in [0.4, 0.5) is 11.5 Å². The maximum atomic E-state index is 12.6. The molecule has 3 rings (SSSR count). The highest BCUT2D eigenvalue weighted by Gasteiger charge is 2.28. The second kappa shape index (κ2) is 7.60. The Morgan fingerprint density at radius 2 is 2.16 bits per heavy atom. The molecule has 1 saturated heterocycles. The quantitative estimate of drug-likeness (QED) is 0.843. The number of thiophene rings is 1. The van der Waals surface area contributed by atoms with Crippen LogP contribution in [0.1, 0.15) is 28.2 Å². The predicted molar refractivity (Wildman–Crippen MR) is 96.0 cm³/mol. The van der Waals surface area contributed by atoms with Crippen LogP contribution in [0.2, 0.25) is 0 Å². The van der Waals surface area contributed by atoms with E-state index in [2.05, 4.69) is 20.4 Å². The van der Waals surface area contributed by atoms with Gasteiger partial charge in [-0.3, -0.25) is 4.79 Å². The number of hydrogen-bond donors (Lipinski definition) is 1. The van der Waals surface area contributed by atoms with E-state index in [1.165, 1.54) is 18.4 Å². The number of aryl methyl sites for hydroxylation is 1. The van der Waals surface area contributed by atoms with Gasteiger partial charge in [-0.05, 0) is 43.3 Å². The van der Waals surface area contributed by atoms with Crippen LogP contribution < -0.4 is 10.2 Å². The summed E-state index contributed by atoms with van der Waals surface area (Å²) in [6.07, 6.45) is 1.71. The molecule has 0 aliphatic carbocycles. The molecule has 3 heterocycles. The number of carbonyl (C=O) groups excluding carboxylic acids is 2. The summed E-state index contributed by atoms with van der Waals surface area (Å²) in [4.78, 5) is 26.9. The summed E-state index contributed by atoms with van der Waals surface area (Å²) in [6, 6.07) is 5.57. The van der Waals surface area contributed by atoms with Gasteiger partial charge < -0.3 is 15.0 Å². The molecule has 7 nitrogen and oxygen atoms in total. The summed E-state index contributed by atoms with van der Waals surface area (Å²) < 4.78 is 4.74. The lowest BCUT2D eigenvalue weighted by atomic mass is 9.97. The van der Waals surface area contributed by atoms with Gasteiger partial charge in [-0.15, -0.1) is 16.4 Å². The Hall–Kier alpha value is -2.48. The molecule has 1 amide bonds. The van der Waals surface area contributed by atoms with Crippen LogP contribution in [-0.4, -0.2) is 42.3 Å². The van der Waals surface area contributed by atoms with Crippen LogP contribution in [0.25, 0.3) is 0 Å². The molecule has 8 heteroatoms. The van der Waals surface area contributed by atoms with Crippen LogP contribution in [0.15, 0.2) is 23.6 Å². The van der Waals surface area contributed by atoms with Gasteiger partial charge in [-0.25, -0.2) is 4.79 Å². The summed E-state index contributed by atoms with van der Waals surface area (Å²) >= 11 is 1.25. The van der Waals surface area contributed by atoms with E-state index in [1.54, 1.807) is 11.4 Å². The Bertz CT molecular complexity index is 760. The Balaban J connectivity index is 1.67. The second-order valence-corrected chi connectivity index (χ2v) is 6.88. The molecule has 132 valence electrons. The SMILES string of the molecule is COC(=O)c1sccc1NC(=O)C1CCCN(c2ccc(C)nn2)C1. The van der Waals surface area contributed by atoms with Gasteiger partial charge in [0, 0.05) is 13.1 Å². The van der Waals surface area contributed by atoms with Gasteiger partial charge in [0.1, 0.15) is 4.88 Å². The van der Waals surface area contributed by atoms with Crippen LogP contribution in [0.5, 0.6) is 0 Å². The minimum absolute atomic E-state index is 0.0895. The third-order valence-electron chi connectivity index (χ3n) is 4.19. The largest absolute Gasteiger partial charge is 0.465 e. The third-order valence-corrected chi connectivity index (χ3v) is 5.09. The van der Waals surface area contributed by atoms with Gasteiger partial charge in [0.15, 0.2) is 5.82 Å². The summed E-state index contributed by atoms with van der Waals surface area (Å²) in [5, 5.41) is 12.9. The molecule has 1 fully saturated rings. The number of carbonyl (C=O) groups is 2. The smallest absolute Gasteiger partial charge is 0.350 e. The lowest BCUT2D eigenvalue weighted by Crippen LogP contribution is -2.41. The highest BCUT2D eigenvalue weighted by atomic mass is 32.1. The molecule has 0 saturated carbocycles. The van der Waals surface area contributed by atoms with E-state index in [0.29, 0.717) is 17.1 Å². The van der Waals surface area contributed by atoms with Gasteiger partial charge in [-0.2, -0.15) is 5.10 Å². The summed E-state index contributed by atoms with van der Waals surface area (Å²) in [7, 11) is 1.33. The van der Waals surface area contributed by atoms with Gasteiger partial charge in [0.25, 0.3) is 0 Å².